The van der Waals surface area contributed by atoms with Crippen molar-refractivity contribution in [1.29, 1.82) is 0 Å². The van der Waals surface area contributed by atoms with Gasteiger partial charge in [0.15, 0.2) is 0 Å². The molecule has 1 aliphatic rings. The second kappa shape index (κ2) is 5.67. The molecule has 0 radical (unpaired) electrons. The van der Waals surface area contributed by atoms with Gasteiger partial charge in [-0.25, -0.2) is 9.48 Å². The van der Waals surface area contributed by atoms with E-state index in [0.29, 0.717) is 0 Å². The molecule has 21 heavy (non-hydrogen) atoms. The summed E-state index contributed by atoms with van der Waals surface area (Å²) in [5, 5.41) is 17.5. The first-order valence-corrected chi connectivity index (χ1v) is 8.48. The maximum absolute atomic E-state index is 11.1. The van der Waals surface area contributed by atoms with E-state index in [1.807, 2.05) is 16.4 Å². The van der Waals surface area contributed by atoms with Crippen LogP contribution in [-0.4, -0.2) is 37.1 Å². The van der Waals surface area contributed by atoms with E-state index in [-0.39, 0.29) is 10.3 Å². The second-order valence-electron chi connectivity index (χ2n) is 5.70. The van der Waals surface area contributed by atoms with Crippen LogP contribution in [0.25, 0.3) is 11.0 Å². The van der Waals surface area contributed by atoms with E-state index < -0.39 is 5.97 Å². The fraction of sp³-hybridized carbons (Fsp3) is 0.533. The van der Waals surface area contributed by atoms with Crippen molar-refractivity contribution in [2.75, 3.05) is 6.26 Å². The molecule has 0 amide bonds. The predicted molar refractivity (Wildman–Crippen MR) is 83.8 cm³/mol. The van der Waals surface area contributed by atoms with Crippen molar-refractivity contribution in [3.8, 4) is 0 Å². The molecule has 2 aromatic rings. The fourth-order valence-electron chi connectivity index (χ4n) is 3.11. The summed E-state index contributed by atoms with van der Waals surface area (Å²) in [6, 6.07) is 4.98. The Hall–Kier alpha value is -1.56. The SMILES string of the molecule is CSC1(Cn2nnc3ccc(C(=O)O)cc32)CCCCC1. The smallest absolute Gasteiger partial charge is 0.335 e. The molecule has 112 valence electrons. The van der Waals surface area contributed by atoms with Gasteiger partial charge in [-0.2, -0.15) is 11.8 Å². The lowest BCUT2D eigenvalue weighted by atomic mass is 9.88. The quantitative estimate of drug-likeness (QED) is 0.939. The van der Waals surface area contributed by atoms with Crippen LogP contribution in [0.15, 0.2) is 18.2 Å². The number of thioether (sulfide) groups is 1. The summed E-state index contributed by atoms with van der Waals surface area (Å²) >= 11 is 1.91. The van der Waals surface area contributed by atoms with Gasteiger partial charge in [-0.15, -0.1) is 5.10 Å². The van der Waals surface area contributed by atoms with Crippen LogP contribution >= 0.6 is 11.8 Å². The lowest BCUT2D eigenvalue weighted by molar-refractivity contribution is 0.0697. The van der Waals surface area contributed by atoms with E-state index in [9.17, 15) is 4.79 Å². The molecule has 1 fully saturated rings. The zero-order valence-corrected chi connectivity index (χ0v) is 12.9. The Morgan fingerprint density at radius 3 is 2.81 bits per heavy atom. The van der Waals surface area contributed by atoms with Gasteiger partial charge in [0.05, 0.1) is 17.6 Å². The van der Waals surface area contributed by atoms with E-state index >= 15 is 0 Å². The Balaban J connectivity index is 1.96. The molecular formula is C15H19N3O2S. The highest BCUT2D eigenvalue weighted by Gasteiger charge is 2.32. The number of carboxylic acid groups (broad SMARTS) is 1. The molecule has 0 atom stereocenters. The monoisotopic (exact) mass is 305 g/mol. The largest absolute Gasteiger partial charge is 0.478 e. The standard InChI is InChI=1S/C15H19N3O2S/c1-21-15(7-3-2-4-8-15)10-18-13-9-11(14(19)20)5-6-12(13)16-17-18/h5-6,9H,2-4,7-8,10H2,1H3,(H,19,20). The summed E-state index contributed by atoms with van der Waals surface area (Å²) in [5.41, 5.74) is 1.86. The third kappa shape index (κ3) is 2.77. The van der Waals surface area contributed by atoms with Gasteiger partial charge in [0, 0.05) is 4.75 Å². The lowest BCUT2D eigenvalue weighted by Gasteiger charge is -2.35. The third-order valence-corrected chi connectivity index (χ3v) is 5.80. The topological polar surface area (TPSA) is 68.0 Å². The van der Waals surface area contributed by atoms with Crippen LogP contribution in [0.4, 0.5) is 0 Å². The van der Waals surface area contributed by atoms with Crippen LogP contribution in [0, 0.1) is 0 Å². The number of benzene rings is 1. The molecule has 0 bridgehead atoms. The number of rotatable bonds is 4. The van der Waals surface area contributed by atoms with Crippen LogP contribution in [0.3, 0.4) is 0 Å². The summed E-state index contributed by atoms with van der Waals surface area (Å²) in [7, 11) is 0. The van der Waals surface area contributed by atoms with Crippen LogP contribution < -0.4 is 0 Å². The molecule has 0 aliphatic heterocycles. The highest BCUT2D eigenvalue weighted by molar-refractivity contribution is 8.00. The number of hydrogen-bond acceptors (Lipinski definition) is 4. The van der Waals surface area contributed by atoms with Gasteiger partial charge < -0.3 is 5.11 Å². The summed E-state index contributed by atoms with van der Waals surface area (Å²) in [6.07, 6.45) is 8.36. The Kier molecular flexibility index (Phi) is 3.89. The molecule has 1 heterocycles. The van der Waals surface area contributed by atoms with Crippen molar-refractivity contribution < 1.29 is 9.90 Å². The zero-order chi connectivity index (χ0) is 14.9. The van der Waals surface area contributed by atoms with Crippen LogP contribution in [-0.2, 0) is 6.54 Å². The highest BCUT2D eigenvalue weighted by Crippen LogP contribution is 2.40. The number of carbonyl (C=O) groups is 1. The first kappa shape index (κ1) is 14.4. The third-order valence-electron chi connectivity index (χ3n) is 4.40. The lowest BCUT2D eigenvalue weighted by Crippen LogP contribution is -2.33. The van der Waals surface area contributed by atoms with Gasteiger partial charge in [-0.3, -0.25) is 0 Å². The minimum atomic E-state index is -0.915. The molecule has 1 aromatic heterocycles. The molecule has 1 saturated carbocycles. The molecule has 6 heteroatoms. The van der Waals surface area contributed by atoms with E-state index in [4.69, 9.17) is 5.11 Å². The molecule has 1 aliphatic carbocycles. The minimum absolute atomic E-state index is 0.206. The maximum Gasteiger partial charge on any atom is 0.335 e. The number of carboxylic acids is 1. The number of nitrogens with zero attached hydrogens (tertiary/aromatic N) is 3. The molecule has 0 spiro atoms. The first-order chi connectivity index (χ1) is 10.1. The molecular weight excluding hydrogens is 286 g/mol. The van der Waals surface area contributed by atoms with Crippen molar-refractivity contribution in [2.45, 2.75) is 43.4 Å². The Labute approximate surface area is 127 Å². The Bertz CT molecular complexity index is 662. The number of fused-ring (bicyclic) bond motifs is 1. The van der Waals surface area contributed by atoms with E-state index in [1.165, 1.54) is 32.1 Å². The minimum Gasteiger partial charge on any atom is -0.478 e. The fourth-order valence-corrected chi connectivity index (χ4v) is 4.06. The van der Waals surface area contributed by atoms with Gasteiger partial charge in [0.25, 0.3) is 0 Å². The summed E-state index contributed by atoms with van der Waals surface area (Å²) in [4.78, 5) is 11.1. The number of hydrogen-bond donors (Lipinski definition) is 1. The van der Waals surface area contributed by atoms with Crippen LogP contribution in [0.1, 0.15) is 42.5 Å². The predicted octanol–water partition coefficient (Wildman–Crippen LogP) is 3.20. The summed E-state index contributed by atoms with van der Waals surface area (Å²) in [6.45, 7) is 0.799. The summed E-state index contributed by atoms with van der Waals surface area (Å²) < 4.78 is 2.09. The van der Waals surface area contributed by atoms with E-state index in [0.717, 1.165) is 17.6 Å². The number of aromatic nitrogens is 3. The first-order valence-electron chi connectivity index (χ1n) is 7.25. The molecule has 0 unspecified atom stereocenters. The van der Waals surface area contributed by atoms with Gasteiger partial charge in [-0.05, 0) is 37.3 Å². The van der Waals surface area contributed by atoms with Crippen molar-refractivity contribution in [3.63, 3.8) is 0 Å². The second-order valence-corrected chi connectivity index (χ2v) is 6.98. The summed E-state index contributed by atoms with van der Waals surface area (Å²) in [5.74, 6) is -0.915. The highest BCUT2D eigenvalue weighted by atomic mass is 32.2. The molecule has 1 N–H and O–H groups in total. The van der Waals surface area contributed by atoms with Crippen molar-refractivity contribution in [2.24, 2.45) is 0 Å². The van der Waals surface area contributed by atoms with Crippen LogP contribution in [0.2, 0.25) is 0 Å². The van der Waals surface area contributed by atoms with Gasteiger partial charge in [0.1, 0.15) is 5.52 Å². The molecule has 5 nitrogen and oxygen atoms in total. The Morgan fingerprint density at radius 1 is 1.38 bits per heavy atom. The van der Waals surface area contributed by atoms with Gasteiger partial charge >= 0.3 is 5.97 Å². The average Bonchev–Trinajstić information content (AvgIpc) is 2.90. The Morgan fingerprint density at radius 2 is 2.14 bits per heavy atom. The van der Waals surface area contributed by atoms with E-state index in [2.05, 4.69) is 16.6 Å². The zero-order valence-electron chi connectivity index (χ0n) is 12.1. The average molecular weight is 305 g/mol. The van der Waals surface area contributed by atoms with Crippen molar-refractivity contribution in [3.05, 3.63) is 23.8 Å². The normalized spacial score (nSPS) is 18.0. The van der Waals surface area contributed by atoms with Crippen molar-refractivity contribution in [1.82, 2.24) is 15.0 Å². The maximum atomic E-state index is 11.1. The molecule has 0 saturated heterocycles. The van der Waals surface area contributed by atoms with Gasteiger partial charge in [0.2, 0.25) is 0 Å². The van der Waals surface area contributed by atoms with Gasteiger partial charge in [-0.1, -0.05) is 24.5 Å². The number of aromatic carboxylic acids is 1. The van der Waals surface area contributed by atoms with Crippen molar-refractivity contribution >= 4 is 28.8 Å². The molecule has 1 aromatic carbocycles. The van der Waals surface area contributed by atoms with E-state index in [1.54, 1.807) is 18.2 Å². The van der Waals surface area contributed by atoms with Crippen LogP contribution in [0.5, 0.6) is 0 Å². The molecule has 3 rings (SSSR count).